The fraction of sp³-hybridized carbons (Fsp3) is 0.421. The number of esters is 1. The highest BCUT2D eigenvalue weighted by Gasteiger charge is 2.32. The van der Waals surface area contributed by atoms with Gasteiger partial charge in [-0.1, -0.05) is 11.6 Å². The topological polar surface area (TPSA) is 132 Å². The minimum absolute atomic E-state index is 0.0279. The predicted octanol–water partition coefficient (Wildman–Crippen LogP) is 2.40. The number of sulfone groups is 1. The number of ketones is 1. The summed E-state index contributed by atoms with van der Waals surface area (Å²) in [5.41, 5.74) is 1.69. The van der Waals surface area contributed by atoms with Gasteiger partial charge in [0.15, 0.2) is 28.1 Å². The lowest BCUT2D eigenvalue weighted by Gasteiger charge is -2.09. The molecule has 1 aliphatic heterocycles. The molecule has 2 aromatic rings. The molecule has 9 nitrogen and oxygen atoms in total. The summed E-state index contributed by atoms with van der Waals surface area (Å²) in [6.45, 7) is 2.88. The Labute approximate surface area is 188 Å². The molecule has 0 N–H and O–H groups in total. The van der Waals surface area contributed by atoms with Gasteiger partial charge in [0.1, 0.15) is 10.2 Å². The number of carbonyl (C=O) groups is 2. The van der Waals surface area contributed by atoms with Crippen molar-refractivity contribution in [1.82, 2.24) is 14.8 Å². The van der Waals surface area contributed by atoms with Crippen LogP contribution in [0.25, 0.3) is 6.08 Å². The summed E-state index contributed by atoms with van der Waals surface area (Å²) < 4.78 is 29.8. The molecule has 1 fully saturated rings. The van der Waals surface area contributed by atoms with Crippen LogP contribution in [0.3, 0.4) is 0 Å². The maximum absolute atomic E-state index is 12.2. The minimum Gasteiger partial charge on any atom is -0.454 e. The third-order valence-corrected chi connectivity index (χ3v) is 7.86. The lowest BCUT2D eigenvalue weighted by molar-refractivity contribution is -0.143. The van der Waals surface area contributed by atoms with Crippen molar-refractivity contribution in [3.05, 3.63) is 38.6 Å². The number of Topliss-reactive ketones (excluding diaryl/α,β-unsaturated/α-hetero) is 1. The molecule has 2 atom stereocenters. The van der Waals surface area contributed by atoms with Crippen LogP contribution in [0.15, 0.2) is 11.5 Å². The number of hydrogen-bond acceptors (Lipinski definition) is 9. The van der Waals surface area contributed by atoms with Crippen LogP contribution in [0.5, 0.6) is 0 Å². The molecule has 1 saturated heterocycles. The van der Waals surface area contributed by atoms with Crippen LogP contribution < -0.4 is 0 Å². The Balaban J connectivity index is 1.63. The van der Waals surface area contributed by atoms with Crippen molar-refractivity contribution in [2.75, 3.05) is 18.1 Å². The molecule has 3 heterocycles. The number of nitrogens with zero attached hydrogens (tertiary/aromatic N) is 4. The Kier molecular flexibility index (Phi) is 6.93. The average Bonchev–Trinajstić information content (AvgIpc) is 3.37. The maximum Gasteiger partial charge on any atom is 0.331 e. The van der Waals surface area contributed by atoms with Crippen LogP contribution in [0.4, 0.5) is 0 Å². The molecule has 2 unspecified atom stereocenters. The zero-order chi connectivity index (χ0) is 22.8. The zero-order valence-electron chi connectivity index (χ0n) is 16.7. The number of ether oxygens (including phenoxy) is 1. The van der Waals surface area contributed by atoms with Crippen LogP contribution in [0.2, 0.25) is 5.15 Å². The number of nitriles is 1. The van der Waals surface area contributed by atoms with Gasteiger partial charge < -0.3 is 4.74 Å². The van der Waals surface area contributed by atoms with Gasteiger partial charge in [-0.2, -0.15) is 10.4 Å². The molecule has 0 amide bonds. The highest BCUT2D eigenvalue weighted by Crippen LogP contribution is 2.30. The molecular weight excluding hydrogens is 464 g/mol. The highest BCUT2D eigenvalue weighted by molar-refractivity contribution is 7.91. The molecule has 31 heavy (non-hydrogen) atoms. The Morgan fingerprint density at radius 1 is 1.48 bits per heavy atom. The van der Waals surface area contributed by atoms with E-state index in [0.717, 1.165) is 6.08 Å². The minimum atomic E-state index is -3.10. The van der Waals surface area contributed by atoms with Crippen molar-refractivity contribution in [1.29, 1.82) is 5.26 Å². The highest BCUT2D eigenvalue weighted by atomic mass is 35.5. The summed E-state index contributed by atoms with van der Waals surface area (Å²) in [6.07, 6.45) is 2.94. The van der Waals surface area contributed by atoms with Crippen molar-refractivity contribution in [2.24, 2.45) is 0 Å². The Morgan fingerprint density at radius 2 is 2.23 bits per heavy atom. The average molecular weight is 483 g/mol. The number of aromatic nitrogens is 3. The predicted molar refractivity (Wildman–Crippen MR) is 114 cm³/mol. The van der Waals surface area contributed by atoms with Crippen LogP contribution >= 0.6 is 22.9 Å². The summed E-state index contributed by atoms with van der Waals surface area (Å²) in [6, 6.07) is 1.53. The summed E-state index contributed by atoms with van der Waals surface area (Å²) in [7, 11) is -3.10. The SMILES string of the molecule is Cc1csc(C(C#N)C(=O)COC(=O)C=Cc2c(C)nn(C3CCS(=O)(=O)C3)c2Cl)n1. The first-order valence-electron chi connectivity index (χ1n) is 9.25. The van der Waals surface area contributed by atoms with Gasteiger partial charge in [0.2, 0.25) is 0 Å². The van der Waals surface area contributed by atoms with E-state index in [1.54, 1.807) is 19.2 Å². The van der Waals surface area contributed by atoms with E-state index < -0.39 is 34.1 Å². The van der Waals surface area contributed by atoms with Crippen molar-refractivity contribution < 1.29 is 22.7 Å². The molecule has 0 spiro atoms. The van der Waals surface area contributed by atoms with E-state index in [2.05, 4.69) is 10.1 Å². The van der Waals surface area contributed by atoms with E-state index in [1.165, 1.54) is 22.1 Å². The fourth-order valence-electron chi connectivity index (χ4n) is 3.13. The molecular formula is C19H19ClN4O5S2. The van der Waals surface area contributed by atoms with Gasteiger partial charge in [-0.15, -0.1) is 11.3 Å². The molecule has 3 rings (SSSR count). The van der Waals surface area contributed by atoms with Crippen molar-refractivity contribution in [3.8, 4) is 6.07 Å². The van der Waals surface area contributed by atoms with Crippen molar-refractivity contribution in [2.45, 2.75) is 32.2 Å². The molecule has 0 radical (unpaired) electrons. The summed E-state index contributed by atoms with van der Waals surface area (Å²) in [4.78, 5) is 28.4. The van der Waals surface area contributed by atoms with Crippen LogP contribution in [-0.4, -0.2) is 53.0 Å². The lowest BCUT2D eigenvalue weighted by atomic mass is 10.1. The molecule has 12 heteroatoms. The van der Waals surface area contributed by atoms with E-state index in [9.17, 15) is 23.3 Å². The van der Waals surface area contributed by atoms with E-state index in [-0.39, 0.29) is 22.7 Å². The summed E-state index contributed by atoms with van der Waals surface area (Å²) in [5.74, 6) is -2.38. The number of rotatable bonds is 7. The molecule has 0 saturated carbocycles. The fourth-order valence-corrected chi connectivity index (χ4v) is 6.05. The normalized spacial score (nSPS) is 18.7. The molecule has 1 aliphatic rings. The van der Waals surface area contributed by atoms with Gasteiger partial charge in [-0.25, -0.2) is 22.9 Å². The van der Waals surface area contributed by atoms with E-state index in [0.29, 0.717) is 28.4 Å². The largest absolute Gasteiger partial charge is 0.454 e. The standard InChI is InChI=1S/C19H19ClN4O5S2/c1-11-9-30-19(22-11)15(7-21)16(25)8-29-17(26)4-3-14-12(2)23-24(18(14)20)13-5-6-31(27,28)10-13/h3-4,9,13,15H,5-6,8,10H2,1-2H3. The molecule has 0 aliphatic carbocycles. The monoisotopic (exact) mass is 482 g/mol. The second kappa shape index (κ2) is 9.30. The van der Waals surface area contributed by atoms with Gasteiger partial charge in [0.05, 0.1) is 29.3 Å². The van der Waals surface area contributed by atoms with Crippen LogP contribution in [0.1, 0.15) is 40.3 Å². The van der Waals surface area contributed by atoms with Crippen molar-refractivity contribution >= 4 is 50.6 Å². The third kappa shape index (κ3) is 5.39. The van der Waals surface area contributed by atoms with Crippen molar-refractivity contribution in [3.63, 3.8) is 0 Å². The number of carbonyl (C=O) groups excluding carboxylic acids is 2. The van der Waals surface area contributed by atoms with E-state index in [1.807, 2.05) is 6.07 Å². The van der Waals surface area contributed by atoms with E-state index in [4.69, 9.17) is 16.3 Å². The lowest BCUT2D eigenvalue weighted by Crippen LogP contribution is -2.19. The Hall–Kier alpha value is -2.55. The Bertz CT molecular complexity index is 1190. The number of halogens is 1. The quantitative estimate of drug-likeness (QED) is 0.434. The first-order chi connectivity index (χ1) is 14.6. The second-order valence-electron chi connectivity index (χ2n) is 7.09. The van der Waals surface area contributed by atoms with Gasteiger partial charge in [0.25, 0.3) is 0 Å². The van der Waals surface area contributed by atoms with Gasteiger partial charge in [-0.05, 0) is 26.3 Å². The molecule has 0 aromatic carbocycles. The molecule has 164 valence electrons. The van der Waals surface area contributed by atoms with Gasteiger partial charge >= 0.3 is 5.97 Å². The number of aryl methyl sites for hydroxylation is 2. The second-order valence-corrected chi connectivity index (χ2v) is 10.6. The molecule has 2 aromatic heterocycles. The summed E-state index contributed by atoms with van der Waals surface area (Å²) >= 11 is 7.55. The van der Waals surface area contributed by atoms with Crippen LogP contribution in [-0.2, 0) is 24.2 Å². The van der Waals surface area contributed by atoms with Gasteiger partial charge in [-0.3, -0.25) is 4.79 Å². The van der Waals surface area contributed by atoms with Crippen LogP contribution in [0, 0.1) is 25.2 Å². The molecule has 0 bridgehead atoms. The maximum atomic E-state index is 12.2. The number of thiazole rings is 1. The van der Waals surface area contributed by atoms with Gasteiger partial charge in [0, 0.05) is 22.7 Å². The number of hydrogen-bond donors (Lipinski definition) is 0. The third-order valence-electron chi connectivity index (χ3n) is 4.70. The zero-order valence-corrected chi connectivity index (χ0v) is 19.1. The summed E-state index contributed by atoms with van der Waals surface area (Å²) in [5, 5.41) is 15.9. The van der Waals surface area contributed by atoms with E-state index >= 15 is 0 Å². The smallest absolute Gasteiger partial charge is 0.331 e. The Morgan fingerprint density at radius 3 is 2.81 bits per heavy atom. The first kappa shape index (κ1) is 23.1. The first-order valence-corrected chi connectivity index (χ1v) is 12.3.